The highest BCUT2D eigenvalue weighted by Gasteiger charge is 2.40. The van der Waals surface area contributed by atoms with E-state index in [4.69, 9.17) is 9.47 Å². The van der Waals surface area contributed by atoms with E-state index in [9.17, 15) is 4.79 Å². The first-order valence-corrected chi connectivity index (χ1v) is 11.5. The van der Waals surface area contributed by atoms with Crippen molar-refractivity contribution in [1.82, 2.24) is 0 Å². The number of rotatable bonds is 5. The molecule has 0 fully saturated rings. The van der Waals surface area contributed by atoms with Gasteiger partial charge in [-0.1, -0.05) is 50.2 Å². The molecule has 30 heavy (non-hydrogen) atoms. The Morgan fingerprint density at radius 1 is 0.900 bits per heavy atom. The summed E-state index contributed by atoms with van der Waals surface area (Å²) < 4.78 is 11.2. The lowest BCUT2D eigenvalue weighted by Gasteiger charge is -2.22. The lowest BCUT2D eigenvalue weighted by molar-refractivity contribution is -0.142. The third-order valence-electron chi connectivity index (χ3n) is 5.35. The number of ether oxygens (including phenoxy) is 2. The quantitative estimate of drug-likeness (QED) is 0.279. The molecule has 0 aliphatic carbocycles. The molecule has 0 saturated heterocycles. The second kappa shape index (κ2) is 8.57. The second-order valence-corrected chi connectivity index (χ2v) is 9.94. The van der Waals surface area contributed by atoms with Crippen LogP contribution in [0.25, 0.3) is 0 Å². The Bertz CT molecular complexity index is 1030. The van der Waals surface area contributed by atoms with Crippen molar-refractivity contribution in [2.45, 2.75) is 47.8 Å². The van der Waals surface area contributed by atoms with Crippen molar-refractivity contribution < 1.29 is 14.3 Å². The summed E-state index contributed by atoms with van der Waals surface area (Å²) in [4.78, 5) is 15.9. The van der Waals surface area contributed by atoms with Crippen LogP contribution in [-0.2, 0) is 26.8 Å². The van der Waals surface area contributed by atoms with Gasteiger partial charge in [-0.25, -0.2) is 0 Å². The van der Waals surface area contributed by atoms with E-state index in [1.807, 2.05) is 31.2 Å². The summed E-state index contributed by atoms with van der Waals surface area (Å²) >= 11 is 0. The maximum Gasteiger partial charge on any atom is 0.312 e. The van der Waals surface area contributed by atoms with Crippen molar-refractivity contribution in [2.75, 3.05) is 7.11 Å². The highest BCUT2D eigenvalue weighted by Crippen LogP contribution is 2.48. The van der Waals surface area contributed by atoms with E-state index in [0.29, 0.717) is 5.92 Å². The van der Waals surface area contributed by atoms with Crippen molar-refractivity contribution in [3.05, 3.63) is 77.9 Å². The maximum atomic E-state index is 12.2. The van der Waals surface area contributed by atoms with Crippen LogP contribution in [0, 0.1) is 5.92 Å². The summed E-state index contributed by atoms with van der Waals surface area (Å²) in [6.07, 6.45) is 0.983. The highest BCUT2D eigenvalue weighted by atomic mass is 32.2. The van der Waals surface area contributed by atoms with Gasteiger partial charge in [-0.3, -0.25) is 4.79 Å². The highest BCUT2D eigenvalue weighted by molar-refractivity contribution is 7.97. The molecule has 0 saturated carbocycles. The van der Waals surface area contributed by atoms with E-state index in [1.54, 1.807) is 0 Å². The van der Waals surface area contributed by atoms with Crippen LogP contribution < -0.4 is 4.74 Å². The monoisotopic (exact) mass is 419 g/mol. The fourth-order valence-electron chi connectivity index (χ4n) is 3.83. The van der Waals surface area contributed by atoms with E-state index < -0.39 is 0 Å². The molecular weight excluding hydrogens is 392 g/mol. The van der Waals surface area contributed by atoms with Gasteiger partial charge in [-0.05, 0) is 55.2 Å². The molecule has 1 aliphatic rings. The zero-order valence-corrected chi connectivity index (χ0v) is 18.7. The molecule has 0 amide bonds. The van der Waals surface area contributed by atoms with Crippen LogP contribution in [-0.4, -0.2) is 13.1 Å². The van der Waals surface area contributed by atoms with Crippen molar-refractivity contribution in [3.8, 4) is 11.5 Å². The minimum atomic E-state index is -0.308. The predicted molar refractivity (Wildman–Crippen MR) is 121 cm³/mol. The van der Waals surface area contributed by atoms with Gasteiger partial charge in [0.1, 0.15) is 10.9 Å². The third-order valence-corrected chi connectivity index (χ3v) is 7.73. The van der Waals surface area contributed by atoms with Crippen molar-refractivity contribution in [2.24, 2.45) is 5.92 Å². The van der Waals surface area contributed by atoms with Gasteiger partial charge in [-0.15, -0.1) is 0 Å². The molecule has 0 N–H and O–H groups in total. The summed E-state index contributed by atoms with van der Waals surface area (Å²) in [6.45, 7) is 6.38. The Morgan fingerprint density at radius 3 is 2.07 bits per heavy atom. The van der Waals surface area contributed by atoms with Gasteiger partial charge in [0.05, 0.1) is 13.0 Å². The number of para-hydroxylation sites is 2. The Hall–Kier alpha value is -2.72. The fourth-order valence-corrected chi connectivity index (χ4v) is 6.26. The zero-order valence-electron chi connectivity index (χ0n) is 17.8. The van der Waals surface area contributed by atoms with Gasteiger partial charge >= 0.3 is 5.97 Å². The molecule has 0 aromatic heterocycles. The van der Waals surface area contributed by atoms with Crippen molar-refractivity contribution in [3.63, 3.8) is 0 Å². The standard InChI is InChI=1S/C26H27O3S/c1-17(2)15-20-14-13-19(18(3)26(27)28-4)16-25(20)30-23-11-7-5-9-21(23)29-22-10-6-8-12-24(22)30/h5-14,16-18H,15H2,1-4H3/q+1. The van der Waals surface area contributed by atoms with Crippen molar-refractivity contribution >= 4 is 16.9 Å². The molecule has 1 atom stereocenters. The number of carbonyl (C=O) groups is 1. The molecule has 1 unspecified atom stereocenters. The van der Waals surface area contributed by atoms with Gasteiger partial charge in [0, 0.05) is 5.56 Å². The molecule has 4 heteroatoms. The van der Waals surface area contributed by atoms with Crippen LogP contribution in [0.4, 0.5) is 0 Å². The molecule has 3 aromatic rings. The largest absolute Gasteiger partial charge is 0.469 e. The van der Waals surface area contributed by atoms with Crippen LogP contribution >= 0.6 is 0 Å². The predicted octanol–water partition coefficient (Wildman–Crippen LogP) is 6.36. The van der Waals surface area contributed by atoms with E-state index in [1.165, 1.54) is 27.4 Å². The van der Waals surface area contributed by atoms with Gasteiger partial charge in [0.25, 0.3) is 0 Å². The summed E-state index contributed by atoms with van der Waals surface area (Å²) in [5.41, 5.74) is 2.30. The number of methoxy groups -OCH3 is 1. The van der Waals surface area contributed by atoms with Gasteiger partial charge < -0.3 is 9.47 Å². The van der Waals surface area contributed by atoms with Crippen LogP contribution in [0.15, 0.2) is 81.4 Å². The van der Waals surface area contributed by atoms with Crippen molar-refractivity contribution in [1.29, 1.82) is 0 Å². The third kappa shape index (κ3) is 3.84. The molecule has 154 valence electrons. The minimum absolute atomic E-state index is 0.214. The Morgan fingerprint density at radius 2 is 1.50 bits per heavy atom. The molecule has 4 rings (SSSR count). The Kier molecular flexibility index (Phi) is 5.87. The maximum absolute atomic E-state index is 12.2. The van der Waals surface area contributed by atoms with Crippen LogP contribution in [0.3, 0.4) is 0 Å². The molecular formula is C26H27O3S+. The molecule has 3 nitrogen and oxygen atoms in total. The average Bonchev–Trinajstić information content (AvgIpc) is 2.76. The first-order valence-electron chi connectivity index (χ1n) is 10.3. The molecule has 0 spiro atoms. The zero-order chi connectivity index (χ0) is 21.3. The lowest BCUT2D eigenvalue weighted by atomic mass is 9.96. The first kappa shape index (κ1) is 20.5. The molecule has 3 aromatic carbocycles. The minimum Gasteiger partial charge on any atom is -0.469 e. The van der Waals surface area contributed by atoms with Gasteiger partial charge in [0.15, 0.2) is 16.4 Å². The summed E-state index contributed by atoms with van der Waals surface area (Å²) in [5.74, 6) is 1.82. The Balaban J connectivity index is 1.93. The topological polar surface area (TPSA) is 35.5 Å². The van der Waals surface area contributed by atoms with Crippen LogP contribution in [0.2, 0.25) is 0 Å². The van der Waals surface area contributed by atoms with Gasteiger partial charge in [0.2, 0.25) is 9.79 Å². The van der Waals surface area contributed by atoms with E-state index in [0.717, 1.165) is 23.5 Å². The van der Waals surface area contributed by atoms with E-state index >= 15 is 0 Å². The van der Waals surface area contributed by atoms with Gasteiger partial charge in [-0.2, -0.15) is 0 Å². The number of carbonyl (C=O) groups excluding carboxylic acids is 1. The number of hydrogen-bond acceptors (Lipinski definition) is 3. The molecule has 0 bridgehead atoms. The number of fused-ring (bicyclic) bond motifs is 2. The number of benzene rings is 3. The van der Waals surface area contributed by atoms with E-state index in [-0.39, 0.29) is 22.8 Å². The number of esters is 1. The summed E-state index contributed by atoms with van der Waals surface area (Å²) in [6, 6.07) is 23.0. The fraction of sp³-hybridized carbons (Fsp3) is 0.269. The molecule has 0 radical (unpaired) electrons. The Labute approximate surface area is 181 Å². The smallest absolute Gasteiger partial charge is 0.312 e. The van der Waals surface area contributed by atoms with E-state index in [2.05, 4.69) is 56.3 Å². The second-order valence-electron chi connectivity index (χ2n) is 8.01. The normalized spacial score (nSPS) is 13.9. The lowest BCUT2D eigenvalue weighted by Crippen LogP contribution is -2.16. The number of hydrogen-bond donors (Lipinski definition) is 0. The SMILES string of the molecule is COC(=O)C(C)c1ccc(CC(C)C)c([S+]2c3ccccc3Oc3ccccc32)c1. The summed E-state index contributed by atoms with van der Waals surface area (Å²) in [5, 5.41) is 0. The van der Waals surface area contributed by atoms with Crippen LogP contribution in [0.1, 0.15) is 37.8 Å². The molecule has 1 heterocycles. The average molecular weight is 420 g/mol. The molecule has 1 aliphatic heterocycles. The summed E-state index contributed by atoms with van der Waals surface area (Å²) in [7, 11) is 1.14. The first-order chi connectivity index (χ1) is 14.5. The van der Waals surface area contributed by atoms with Crippen LogP contribution in [0.5, 0.6) is 11.5 Å².